The van der Waals surface area contributed by atoms with Gasteiger partial charge in [0.15, 0.2) is 0 Å². The highest BCUT2D eigenvalue weighted by Crippen LogP contribution is 2.28. The molecular weight excluding hydrogens is 201 g/mol. The van der Waals surface area contributed by atoms with Gasteiger partial charge in [0.05, 0.1) is 5.69 Å². The Balaban J connectivity index is 1.96. The lowest BCUT2D eigenvalue weighted by Crippen LogP contribution is -2.28. The summed E-state index contributed by atoms with van der Waals surface area (Å²) in [6.07, 6.45) is 6.58. The quantitative estimate of drug-likeness (QED) is 0.806. The molecule has 0 aromatic heterocycles. The minimum absolute atomic E-state index is 0.148. The summed E-state index contributed by atoms with van der Waals surface area (Å²) in [5.41, 5.74) is 0.639. The maximum absolute atomic E-state index is 13.5. The van der Waals surface area contributed by atoms with E-state index in [1.807, 2.05) is 12.1 Å². The summed E-state index contributed by atoms with van der Waals surface area (Å²) in [6, 6.07) is 7.30. The molecule has 1 fully saturated rings. The van der Waals surface area contributed by atoms with Gasteiger partial charge >= 0.3 is 0 Å². The lowest BCUT2D eigenvalue weighted by molar-refractivity contribution is 0.328. The molecule has 1 atom stereocenters. The van der Waals surface area contributed by atoms with Crippen LogP contribution in [0.2, 0.25) is 0 Å². The van der Waals surface area contributed by atoms with E-state index in [4.69, 9.17) is 0 Å². The Labute approximate surface area is 97.1 Å². The van der Waals surface area contributed by atoms with Crippen LogP contribution in [0.3, 0.4) is 0 Å². The molecule has 0 saturated heterocycles. The predicted octanol–water partition coefficient (Wildman–Crippen LogP) is 4.21. The Morgan fingerprint density at radius 2 is 1.88 bits per heavy atom. The zero-order valence-corrected chi connectivity index (χ0v) is 9.88. The number of hydrogen-bond acceptors (Lipinski definition) is 1. The second kappa shape index (κ2) is 5.33. The summed E-state index contributed by atoms with van der Waals surface area (Å²) in [6.45, 7) is 2.17. The molecule has 1 aromatic carbocycles. The van der Waals surface area contributed by atoms with Crippen LogP contribution in [0, 0.1) is 11.7 Å². The van der Waals surface area contributed by atoms with Gasteiger partial charge < -0.3 is 5.32 Å². The van der Waals surface area contributed by atoms with Crippen LogP contribution in [0.4, 0.5) is 10.1 Å². The Kier molecular flexibility index (Phi) is 3.81. The third kappa shape index (κ3) is 2.75. The highest BCUT2D eigenvalue weighted by atomic mass is 19.1. The van der Waals surface area contributed by atoms with Gasteiger partial charge in [0.25, 0.3) is 0 Å². The third-order valence-electron chi connectivity index (χ3n) is 3.61. The van der Waals surface area contributed by atoms with Crippen molar-refractivity contribution in [1.29, 1.82) is 0 Å². The standard InChI is InChI=1S/C14H20FN/c1-11(12-7-3-2-4-8-12)16-14-10-6-5-9-13(14)15/h5-6,9-12,16H,2-4,7-8H2,1H3. The van der Waals surface area contributed by atoms with Gasteiger partial charge in [-0.2, -0.15) is 0 Å². The lowest BCUT2D eigenvalue weighted by atomic mass is 9.84. The van der Waals surface area contributed by atoms with Crippen molar-refractivity contribution in [3.8, 4) is 0 Å². The van der Waals surface area contributed by atoms with E-state index in [0.29, 0.717) is 17.6 Å². The van der Waals surface area contributed by atoms with Crippen molar-refractivity contribution in [3.05, 3.63) is 30.1 Å². The molecule has 1 unspecified atom stereocenters. The van der Waals surface area contributed by atoms with E-state index in [9.17, 15) is 4.39 Å². The fourth-order valence-corrected chi connectivity index (χ4v) is 2.58. The van der Waals surface area contributed by atoms with Crippen molar-refractivity contribution in [1.82, 2.24) is 0 Å². The average Bonchev–Trinajstić information content (AvgIpc) is 2.33. The van der Waals surface area contributed by atoms with Crippen molar-refractivity contribution in [2.24, 2.45) is 5.92 Å². The van der Waals surface area contributed by atoms with Crippen LogP contribution in [-0.4, -0.2) is 6.04 Å². The fourth-order valence-electron chi connectivity index (χ4n) is 2.58. The number of rotatable bonds is 3. The zero-order valence-electron chi connectivity index (χ0n) is 9.88. The Morgan fingerprint density at radius 1 is 1.19 bits per heavy atom. The number of benzene rings is 1. The van der Waals surface area contributed by atoms with E-state index >= 15 is 0 Å². The number of para-hydroxylation sites is 1. The average molecular weight is 221 g/mol. The topological polar surface area (TPSA) is 12.0 Å². The molecule has 2 rings (SSSR count). The molecule has 1 aliphatic rings. The molecule has 0 heterocycles. The van der Waals surface area contributed by atoms with Crippen molar-refractivity contribution < 1.29 is 4.39 Å². The Hall–Kier alpha value is -1.05. The summed E-state index contributed by atoms with van der Waals surface area (Å²) in [7, 11) is 0. The first-order chi connectivity index (χ1) is 7.77. The van der Waals surface area contributed by atoms with Crippen LogP contribution in [0.1, 0.15) is 39.0 Å². The molecule has 88 valence electrons. The minimum atomic E-state index is -0.148. The number of nitrogens with one attached hydrogen (secondary N) is 1. The number of halogens is 1. The molecule has 1 saturated carbocycles. The van der Waals surface area contributed by atoms with Gasteiger partial charge in [0.1, 0.15) is 5.82 Å². The summed E-state index contributed by atoms with van der Waals surface area (Å²) in [5.74, 6) is 0.554. The third-order valence-corrected chi connectivity index (χ3v) is 3.61. The van der Waals surface area contributed by atoms with Crippen LogP contribution in [0.5, 0.6) is 0 Å². The van der Waals surface area contributed by atoms with Crippen molar-refractivity contribution in [3.63, 3.8) is 0 Å². The van der Waals surface area contributed by atoms with Crippen LogP contribution in [-0.2, 0) is 0 Å². The van der Waals surface area contributed by atoms with Crippen LogP contribution >= 0.6 is 0 Å². The molecule has 1 N–H and O–H groups in total. The van der Waals surface area contributed by atoms with Gasteiger partial charge in [-0.3, -0.25) is 0 Å². The van der Waals surface area contributed by atoms with Crippen molar-refractivity contribution >= 4 is 5.69 Å². The van der Waals surface area contributed by atoms with Gasteiger partial charge in [-0.25, -0.2) is 4.39 Å². The number of hydrogen-bond donors (Lipinski definition) is 1. The molecule has 1 aromatic rings. The van der Waals surface area contributed by atoms with Crippen molar-refractivity contribution in [2.75, 3.05) is 5.32 Å². The van der Waals surface area contributed by atoms with Gasteiger partial charge in [-0.05, 0) is 37.8 Å². The highest BCUT2D eigenvalue weighted by Gasteiger charge is 2.20. The van der Waals surface area contributed by atoms with Crippen molar-refractivity contribution in [2.45, 2.75) is 45.1 Å². The molecule has 0 radical (unpaired) electrons. The SMILES string of the molecule is CC(Nc1ccccc1F)C1CCCCC1. The first-order valence-electron chi connectivity index (χ1n) is 6.28. The van der Waals surface area contributed by atoms with E-state index in [-0.39, 0.29) is 5.82 Å². The van der Waals surface area contributed by atoms with Gasteiger partial charge in [-0.1, -0.05) is 31.4 Å². The maximum atomic E-state index is 13.5. The first kappa shape index (κ1) is 11.4. The Morgan fingerprint density at radius 3 is 2.56 bits per heavy atom. The van der Waals surface area contributed by atoms with Gasteiger partial charge in [-0.15, -0.1) is 0 Å². The molecular formula is C14H20FN. The van der Waals surface area contributed by atoms with Gasteiger partial charge in [0.2, 0.25) is 0 Å². The van der Waals surface area contributed by atoms with E-state index in [1.54, 1.807) is 6.07 Å². The second-order valence-electron chi connectivity index (χ2n) is 4.81. The van der Waals surface area contributed by atoms with E-state index in [1.165, 1.54) is 38.2 Å². The molecule has 1 aliphatic carbocycles. The summed E-state index contributed by atoms with van der Waals surface area (Å²) >= 11 is 0. The summed E-state index contributed by atoms with van der Waals surface area (Å²) < 4.78 is 13.5. The molecule has 0 amide bonds. The lowest BCUT2D eigenvalue weighted by Gasteiger charge is -2.29. The largest absolute Gasteiger partial charge is 0.380 e. The maximum Gasteiger partial charge on any atom is 0.146 e. The molecule has 1 nitrogen and oxygen atoms in total. The van der Waals surface area contributed by atoms with Crippen LogP contribution in [0.15, 0.2) is 24.3 Å². The monoisotopic (exact) mass is 221 g/mol. The highest BCUT2D eigenvalue weighted by molar-refractivity contribution is 5.45. The zero-order chi connectivity index (χ0) is 11.4. The molecule has 0 bridgehead atoms. The summed E-state index contributed by atoms with van der Waals surface area (Å²) in [4.78, 5) is 0. The Bertz CT molecular complexity index is 331. The van der Waals surface area contributed by atoms with E-state index in [0.717, 1.165) is 0 Å². The normalized spacial score (nSPS) is 19.4. The van der Waals surface area contributed by atoms with Gasteiger partial charge in [0, 0.05) is 6.04 Å². The molecule has 0 spiro atoms. The minimum Gasteiger partial charge on any atom is -0.380 e. The fraction of sp³-hybridized carbons (Fsp3) is 0.571. The van der Waals surface area contributed by atoms with Crippen LogP contribution < -0.4 is 5.32 Å². The second-order valence-corrected chi connectivity index (χ2v) is 4.81. The van der Waals surface area contributed by atoms with E-state index in [2.05, 4.69) is 12.2 Å². The van der Waals surface area contributed by atoms with E-state index < -0.39 is 0 Å². The molecule has 2 heteroatoms. The van der Waals surface area contributed by atoms with Crippen LogP contribution in [0.25, 0.3) is 0 Å². The summed E-state index contributed by atoms with van der Waals surface area (Å²) in [5, 5.41) is 3.30. The predicted molar refractivity (Wildman–Crippen MR) is 66.1 cm³/mol. The first-order valence-corrected chi connectivity index (χ1v) is 6.28. The smallest absolute Gasteiger partial charge is 0.146 e. The molecule has 0 aliphatic heterocycles. The number of anilines is 1. The molecule has 16 heavy (non-hydrogen) atoms.